The summed E-state index contributed by atoms with van der Waals surface area (Å²) < 4.78 is 19.7. The van der Waals surface area contributed by atoms with Crippen LogP contribution >= 0.6 is 0 Å². The summed E-state index contributed by atoms with van der Waals surface area (Å²) >= 11 is 0. The molecule has 2 atom stereocenters. The van der Waals surface area contributed by atoms with Crippen LogP contribution in [0.5, 0.6) is 0 Å². The number of nitrogens with one attached hydrogen (secondary N) is 2. The fourth-order valence-electron chi connectivity index (χ4n) is 3.27. The van der Waals surface area contributed by atoms with Crippen molar-refractivity contribution in [3.05, 3.63) is 24.0 Å². The predicted molar refractivity (Wildman–Crippen MR) is 88.5 cm³/mol. The number of benzene rings is 1. The molecule has 0 saturated carbocycles. The van der Waals surface area contributed by atoms with E-state index >= 15 is 0 Å². The molecule has 2 fully saturated rings. The Morgan fingerprint density at radius 1 is 1.46 bits per heavy atom. The van der Waals surface area contributed by atoms with E-state index in [9.17, 15) is 14.0 Å². The smallest absolute Gasteiger partial charge is 0.321 e. The molecule has 2 aliphatic heterocycles. The summed E-state index contributed by atoms with van der Waals surface area (Å²) in [6.45, 7) is 5.61. The van der Waals surface area contributed by atoms with Crippen LogP contribution in [-0.4, -0.2) is 37.7 Å². The van der Waals surface area contributed by atoms with Crippen LogP contribution in [-0.2, 0) is 9.53 Å². The molecule has 2 N–H and O–H groups in total. The Balaban J connectivity index is 1.77. The van der Waals surface area contributed by atoms with Gasteiger partial charge in [0.05, 0.1) is 17.7 Å². The molecule has 0 aromatic heterocycles. The molecular formula is C17H22FN3O3. The number of amides is 3. The van der Waals surface area contributed by atoms with Crippen molar-refractivity contribution in [2.75, 3.05) is 29.9 Å². The first-order chi connectivity index (χ1) is 11.5. The monoisotopic (exact) mass is 335 g/mol. The molecule has 0 unspecified atom stereocenters. The molecule has 130 valence electrons. The van der Waals surface area contributed by atoms with E-state index in [0.717, 1.165) is 0 Å². The second kappa shape index (κ2) is 6.76. The Hall–Kier alpha value is -2.15. The van der Waals surface area contributed by atoms with Gasteiger partial charge in [0.25, 0.3) is 0 Å². The fourth-order valence-corrected chi connectivity index (χ4v) is 3.27. The molecule has 1 aromatic carbocycles. The average molecular weight is 335 g/mol. The zero-order valence-corrected chi connectivity index (χ0v) is 13.8. The molecule has 0 bridgehead atoms. The van der Waals surface area contributed by atoms with E-state index < -0.39 is 5.82 Å². The van der Waals surface area contributed by atoms with Crippen molar-refractivity contribution >= 4 is 23.3 Å². The van der Waals surface area contributed by atoms with Gasteiger partial charge in [0, 0.05) is 25.4 Å². The van der Waals surface area contributed by atoms with Crippen LogP contribution in [0.25, 0.3) is 0 Å². The van der Waals surface area contributed by atoms with Crippen molar-refractivity contribution in [1.29, 1.82) is 0 Å². The Bertz CT molecular complexity index is 650. The molecule has 0 aliphatic carbocycles. The highest BCUT2D eigenvalue weighted by molar-refractivity contribution is 5.97. The third kappa shape index (κ3) is 3.21. The van der Waals surface area contributed by atoms with E-state index in [2.05, 4.69) is 10.6 Å². The second-order valence-corrected chi connectivity index (χ2v) is 6.51. The van der Waals surface area contributed by atoms with Gasteiger partial charge in [0.2, 0.25) is 5.91 Å². The molecule has 0 spiro atoms. The molecule has 7 heteroatoms. The number of hydrogen-bond acceptors (Lipinski definition) is 3. The lowest BCUT2D eigenvalue weighted by Gasteiger charge is -2.22. The van der Waals surface area contributed by atoms with Crippen molar-refractivity contribution in [2.24, 2.45) is 11.8 Å². The van der Waals surface area contributed by atoms with E-state index in [1.54, 1.807) is 0 Å². The highest BCUT2D eigenvalue weighted by Gasteiger charge is 2.36. The first kappa shape index (κ1) is 16.7. The SMILES string of the molecule is CC(C)[C@H]1OCC[C@H]1C(=O)Nc1cc(N2CCNC2=O)ccc1F. The van der Waals surface area contributed by atoms with Gasteiger partial charge >= 0.3 is 6.03 Å². The van der Waals surface area contributed by atoms with Gasteiger partial charge in [0.15, 0.2) is 0 Å². The van der Waals surface area contributed by atoms with Crippen LogP contribution < -0.4 is 15.5 Å². The molecule has 2 aliphatic rings. The molecule has 3 rings (SSSR count). The lowest BCUT2D eigenvalue weighted by Crippen LogP contribution is -2.33. The lowest BCUT2D eigenvalue weighted by atomic mass is 9.92. The quantitative estimate of drug-likeness (QED) is 0.887. The van der Waals surface area contributed by atoms with Crippen LogP contribution in [0.1, 0.15) is 20.3 Å². The second-order valence-electron chi connectivity index (χ2n) is 6.51. The summed E-state index contributed by atoms with van der Waals surface area (Å²) in [4.78, 5) is 25.8. The van der Waals surface area contributed by atoms with Gasteiger partial charge in [-0.3, -0.25) is 9.69 Å². The molecule has 1 aromatic rings. The number of nitrogens with zero attached hydrogens (tertiary/aromatic N) is 1. The van der Waals surface area contributed by atoms with Crippen molar-refractivity contribution in [2.45, 2.75) is 26.4 Å². The summed E-state index contributed by atoms with van der Waals surface area (Å²) in [5, 5.41) is 5.36. The summed E-state index contributed by atoms with van der Waals surface area (Å²) in [6.07, 6.45) is 0.477. The molecule has 24 heavy (non-hydrogen) atoms. The molecule has 0 radical (unpaired) electrons. The van der Waals surface area contributed by atoms with Crippen LogP contribution in [0, 0.1) is 17.7 Å². The first-order valence-electron chi connectivity index (χ1n) is 8.24. The topological polar surface area (TPSA) is 70.7 Å². The molecule has 6 nitrogen and oxygen atoms in total. The normalized spacial score (nSPS) is 23.7. The van der Waals surface area contributed by atoms with Gasteiger partial charge in [-0.05, 0) is 30.5 Å². The average Bonchev–Trinajstić information content (AvgIpc) is 3.18. The fraction of sp³-hybridized carbons (Fsp3) is 0.529. The van der Waals surface area contributed by atoms with Crippen LogP contribution in [0.4, 0.5) is 20.6 Å². The maximum Gasteiger partial charge on any atom is 0.321 e. The Morgan fingerprint density at radius 3 is 2.92 bits per heavy atom. The number of carbonyl (C=O) groups excluding carboxylic acids is 2. The summed E-state index contributed by atoms with van der Waals surface area (Å²) in [7, 11) is 0. The van der Waals surface area contributed by atoms with Gasteiger partial charge in [-0.1, -0.05) is 13.8 Å². The minimum Gasteiger partial charge on any atom is -0.377 e. The third-order valence-corrected chi connectivity index (χ3v) is 4.51. The van der Waals surface area contributed by atoms with E-state index in [1.807, 2.05) is 13.8 Å². The van der Waals surface area contributed by atoms with Crippen LogP contribution in [0.15, 0.2) is 18.2 Å². The Morgan fingerprint density at radius 2 is 2.25 bits per heavy atom. The zero-order valence-electron chi connectivity index (χ0n) is 13.8. The summed E-state index contributed by atoms with van der Waals surface area (Å²) in [5.41, 5.74) is 0.649. The predicted octanol–water partition coefficient (Wildman–Crippen LogP) is 2.35. The van der Waals surface area contributed by atoms with Gasteiger partial charge in [-0.15, -0.1) is 0 Å². The van der Waals surface area contributed by atoms with Crippen molar-refractivity contribution in [1.82, 2.24) is 5.32 Å². The highest BCUT2D eigenvalue weighted by atomic mass is 19.1. The van der Waals surface area contributed by atoms with Crippen LogP contribution in [0.3, 0.4) is 0 Å². The number of ether oxygens (including phenoxy) is 1. The molecule has 3 amide bonds. The Labute approximate surface area is 140 Å². The third-order valence-electron chi connectivity index (χ3n) is 4.51. The standard InChI is InChI=1S/C17H22FN3O3/c1-10(2)15-12(5-8-24-15)16(22)20-14-9-11(3-4-13(14)18)21-7-6-19-17(21)23/h3-4,9-10,12,15H,5-8H2,1-2H3,(H,19,23)(H,20,22)/t12-,15-/m1/s1. The van der Waals surface area contributed by atoms with E-state index in [-0.39, 0.29) is 35.6 Å². The molecule has 2 heterocycles. The number of rotatable bonds is 4. The van der Waals surface area contributed by atoms with Gasteiger partial charge in [0.1, 0.15) is 5.82 Å². The van der Waals surface area contributed by atoms with Gasteiger partial charge < -0.3 is 15.4 Å². The number of anilines is 2. The number of carbonyl (C=O) groups is 2. The van der Waals surface area contributed by atoms with E-state index in [4.69, 9.17) is 4.74 Å². The minimum atomic E-state index is -0.522. The first-order valence-corrected chi connectivity index (χ1v) is 8.24. The lowest BCUT2D eigenvalue weighted by molar-refractivity contribution is -0.122. The number of hydrogen-bond donors (Lipinski definition) is 2. The number of urea groups is 1. The maximum absolute atomic E-state index is 14.1. The van der Waals surface area contributed by atoms with E-state index in [1.165, 1.54) is 23.1 Å². The van der Waals surface area contributed by atoms with Gasteiger partial charge in [-0.2, -0.15) is 0 Å². The largest absolute Gasteiger partial charge is 0.377 e. The maximum atomic E-state index is 14.1. The van der Waals surface area contributed by atoms with Crippen molar-refractivity contribution in [3.8, 4) is 0 Å². The molecular weight excluding hydrogens is 313 g/mol. The Kier molecular flexibility index (Phi) is 4.71. The zero-order chi connectivity index (χ0) is 17.3. The van der Waals surface area contributed by atoms with Gasteiger partial charge in [-0.25, -0.2) is 9.18 Å². The highest BCUT2D eigenvalue weighted by Crippen LogP contribution is 2.29. The van der Waals surface area contributed by atoms with Crippen molar-refractivity contribution < 1.29 is 18.7 Å². The molecule has 2 saturated heterocycles. The van der Waals surface area contributed by atoms with Crippen molar-refractivity contribution in [3.63, 3.8) is 0 Å². The summed E-state index contributed by atoms with van der Waals surface area (Å²) in [6, 6.07) is 4.08. The summed E-state index contributed by atoms with van der Waals surface area (Å²) in [5.74, 6) is -0.837. The van der Waals surface area contributed by atoms with E-state index in [0.29, 0.717) is 31.8 Å². The van der Waals surface area contributed by atoms with Crippen LogP contribution in [0.2, 0.25) is 0 Å². The minimum absolute atomic E-state index is 0.0895. The number of halogens is 1.